The van der Waals surface area contributed by atoms with E-state index in [0.29, 0.717) is 41.2 Å². The van der Waals surface area contributed by atoms with E-state index in [4.69, 9.17) is 0 Å². The van der Waals surface area contributed by atoms with E-state index in [-0.39, 0.29) is 11.5 Å². The third-order valence-corrected chi connectivity index (χ3v) is 4.45. The minimum absolute atomic E-state index is 0.117. The lowest BCUT2D eigenvalue weighted by atomic mass is 10.2. The molecule has 124 valence electrons. The van der Waals surface area contributed by atoms with Crippen LogP contribution in [0.2, 0.25) is 0 Å². The largest absolute Gasteiger partial charge is 0.344 e. The van der Waals surface area contributed by atoms with Crippen molar-refractivity contribution < 1.29 is 4.79 Å². The topological polar surface area (TPSA) is 78.1 Å². The highest BCUT2D eigenvalue weighted by Gasteiger charge is 2.08. The van der Waals surface area contributed by atoms with Crippen LogP contribution in [0.5, 0.6) is 0 Å². The number of nitrogens with zero attached hydrogens (tertiary/aromatic N) is 2. The van der Waals surface area contributed by atoms with Crippen LogP contribution in [0.3, 0.4) is 0 Å². The smallest absolute Gasteiger partial charge is 0.258 e. The standard InChI is InChI=1S/C16H22N4O2S/c1-17-8-9-20(2)15(21)7-10-23-11-14-18-13-6-4-3-5-12(13)16(22)19-14/h3-6,17H,7-11H2,1-2H3,(H,18,19,22). The Hall–Kier alpha value is -1.86. The zero-order valence-electron chi connectivity index (χ0n) is 13.5. The van der Waals surface area contributed by atoms with Crippen molar-refractivity contribution in [2.75, 3.05) is 32.9 Å². The number of hydrogen-bond donors (Lipinski definition) is 2. The lowest BCUT2D eigenvalue weighted by Gasteiger charge is -2.16. The van der Waals surface area contributed by atoms with Crippen LogP contribution in [0.1, 0.15) is 12.2 Å². The van der Waals surface area contributed by atoms with E-state index in [2.05, 4.69) is 15.3 Å². The number of fused-ring (bicyclic) bond motifs is 1. The molecule has 0 aliphatic carbocycles. The average molecular weight is 334 g/mol. The number of likely N-dealkylation sites (N-methyl/N-ethyl adjacent to an activating group) is 2. The molecule has 7 heteroatoms. The molecule has 1 heterocycles. The monoisotopic (exact) mass is 334 g/mol. The van der Waals surface area contributed by atoms with Gasteiger partial charge < -0.3 is 15.2 Å². The van der Waals surface area contributed by atoms with Gasteiger partial charge in [-0.3, -0.25) is 9.59 Å². The number of aromatic amines is 1. The Bertz CT molecular complexity index is 717. The Morgan fingerprint density at radius 3 is 2.96 bits per heavy atom. The van der Waals surface area contributed by atoms with Gasteiger partial charge in [0.15, 0.2) is 0 Å². The molecule has 0 unspecified atom stereocenters. The van der Waals surface area contributed by atoms with Crippen LogP contribution in [-0.4, -0.2) is 53.7 Å². The Morgan fingerprint density at radius 1 is 1.39 bits per heavy atom. The van der Waals surface area contributed by atoms with Crippen LogP contribution < -0.4 is 10.9 Å². The van der Waals surface area contributed by atoms with E-state index in [1.54, 1.807) is 22.7 Å². The van der Waals surface area contributed by atoms with Gasteiger partial charge in [0.25, 0.3) is 5.56 Å². The SMILES string of the molecule is CNCCN(C)C(=O)CCSCc1nc2ccccc2c(=O)[nH]1. The Morgan fingerprint density at radius 2 is 2.17 bits per heavy atom. The van der Waals surface area contributed by atoms with Crippen LogP contribution in [0, 0.1) is 0 Å². The Balaban J connectivity index is 1.83. The molecule has 6 nitrogen and oxygen atoms in total. The number of aromatic nitrogens is 2. The molecule has 0 aliphatic rings. The summed E-state index contributed by atoms with van der Waals surface area (Å²) in [7, 11) is 3.68. The van der Waals surface area contributed by atoms with Crippen LogP contribution in [-0.2, 0) is 10.5 Å². The summed E-state index contributed by atoms with van der Waals surface area (Å²) in [5.41, 5.74) is 0.587. The Labute approximate surface area is 139 Å². The number of benzene rings is 1. The van der Waals surface area contributed by atoms with Crippen LogP contribution in [0.4, 0.5) is 0 Å². The summed E-state index contributed by atoms with van der Waals surface area (Å²) in [5, 5.41) is 3.62. The lowest BCUT2D eigenvalue weighted by Crippen LogP contribution is -2.32. The molecule has 1 aromatic heterocycles. The van der Waals surface area contributed by atoms with Crippen molar-refractivity contribution in [1.82, 2.24) is 20.2 Å². The van der Waals surface area contributed by atoms with Gasteiger partial charge in [0.2, 0.25) is 5.91 Å². The normalized spacial score (nSPS) is 10.9. The van der Waals surface area contributed by atoms with Crippen molar-refractivity contribution in [3.8, 4) is 0 Å². The number of para-hydroxylation sites is 1. The minimum atomic E-state index is -0.117. The molecular formula is C16H22N4O2S. The molecule has 1 aromatic carbocycles. The summed E-state index contributed by atoms with van der Waals surface area (Å²) >= 11 is 1.60. The van der Waals surface area contributed by atoms with Crippen molar-refractivity contribution >= 4 is 28.6 Å². The second-order valence-electron chi connectivity index (χ2n) is 5.25. The summed E-state index contributed by atoms with van der Waals surface area (Å²) in [6.07, 6.45) is 0.489. The summed E-state index contributed by atoms with van der Waals surface area (Å²) in [6.45, 7) is 1.50. The summed E-state index contributed by atoms with van der Waals surface area (Å²) in [5.74, 6) is 2.08. The molecule has 1 amide bonds. The van der Waals surface area contributed by atoms with Gasteiger partial charge in [-0.05, 0) is 19.2 Å². The maximum atomic E-state index is 12.0. The highest BCUT2D eigenvalue weighted by atomic mass is 32.2. The van der Waals surface area contributed by atoms with Crippen molar-refractivity contribution in [3.05, 3.63) is 40.4 Å². The van der Waals surface area contributed by atoms with E-state index in [1.807, 2.05) is 32.3 Å². The predicted octanol–water partition coefficient (Wildman–Crippen LogP) is 1.22. The molecule has 2 N–H and O–H groups in total. The van der Waals surface area contributed by atoms with Crippen molar-refractivity contribution in [2.45, 2.75) is 12.2 Å². The van der Waals surface area contributed by atoms with Gasteiger partial charge in [0.05, 0.1) is 16.7 Å². The number of carbonyl (C=O) groups is 1. The van der Waals surface area contributed by atoms with Gasteiger partial charge in [-0.1, -0.05) is 12.1 Å². The molecule has 0 fully saturated rings. The van der Waals surface area contributed by atoms with Crippen molar-refractivity contribution in [2.24, 2.45) is 0 Å². The Kier molecular flexibility index (Phi) is 6.61. The number of rotatable bonds is 8. The van der Waals surface area contributed by atoms with Gasteiger partial charge in [-0.15, -0.1) is 0 Å². The highest BCUT2D eigenvalue weighted by Crippen LogP contribution is 2.12. The number of nitrogens with one attached hydrogen (secondary N) is 2. The first-order valence-electron chi connectivity index (χ1n) is 7.56. The van der Waals surface area contributed by atoms with Crippen LogP contribution >= 0.6 is 11.8 Å². The van der Waals surface area contributed by atoms with Crippen molar-refractivity contribution in [1.29, 1.82) is 0 Å². The van der Waals surface area contributed by atoms with Gasteiger partial charge in [0.1, 0.15) is 5.82 Å². The third kappa shape index (κ3) is 5.07. The maximum absolute atomic E-state index is 12.0. The van der Waals surface area contributed by atoms with Gasteiger partial charge in [0, 0.05) is 32.3 Å². The molecule has 2 rings (SSSR count). The molecule has 0 radical (unpaired) electrons. The molecule has 2 aromatic rings. The number of amides is 1. The van der Waals surface area contributed by atoms with Gasteiger partial charge in [-0.25, -0.2) is 4.98 Å². The summed E-state index contributed by atoms with van der Waals surface area (Å²) in [4.78, 5) is 32.8. The fourth-order valence-electron chi connectivity index (χ4n) is 2.13. The number of thioether (sulfide) groups is 1. The predicted molar refractivity (Wildman–Crippen MR) is 94.7 cm³/mol. The first-order valence-corrected chi connectivity index (χ1v) is 8.71. The first kappa shape index (κ1) is 17.5. The highest BCUT2D eigenvalue weighted by molar-refractivity contribution is 7.98. The van der Waals surface area contributed by atoms with E-state index >= 15 is 0 Å². The molecule has 0 aliphatic heterocycles. The number of H-pyrrole nitrogens is 1. The number of hydrogen-bond acceptors (Lipinski definition) is 5. The van der Waals surface area contributed by atoms with Gasteiger partial charge in [-0.2, -0.15) is 11.8 Å². The molecule has 0 saturated carbocycles. The molecule has 23 heavy (non-hydrogen) atoms. The van der Waals surface area contributed by atoms with E-state index in [0.717, 1.165) is 6.54 Å². The quantitative estimate of drug-likeness (QED) is 0.710. The van der Waals surface area contributed by atoms with E-state index in [9.17, 15) is 9.59 Å². The number of carbonyl (C=O) groups excluding carboxylic acids is 1. The molecule has 0 saturated heterocycles. The zero-order chi connectivity index (χ0) is 16.7. The first-order chi connectivity index (χ1) is 11.1. The minimum Gasteiger partial charge on any atom is -0.344 e. The van der Waals surface area contributed by atoms with E-state index < -0.39 is 0 Å². The summed E-state index contributed by atoms with van der Waals surface area (Å²) in [6, 6.07) is 7.28. The van der Waals surface area contributed by atoms with E-state index in [1.165, 1.54) is 0 Å². The molecule has 0 atom stereocenters. The average Bonchev–Trinajstić information content (AvgIpc) is 2.56. The second-order valence-corrected chi connectivity index (χ2v) is 6.36. The zero-order valence-corrected chi connectivity index (χ0v) is 14.3. The molecule has 0 spiro atoms. The fourth-order valence-corrected chi connectivity index (χ4v) is 2.92. The van der Waals surface area contributed by atoms with Crippen LogP contribution in [0.25, 0.3) is 10.9 Å². The maximum Gasteiger partial charge on any atom is 0.258 e. The summed E-state index contributed by atoms with van der Waals surface area (Å²) < 4.78 is 0. The van der Waals surface area contributed by atoms with Crippen LogP contribution in [0.15, 0.2) is 29.1 Å². The third-order valence-electron chi connectivity index (χ3n) is 3.48. The molecular weight excluding hydrogens is 312 g/mol. The molecule has 0 bridgehead atoms. The lowest BCUT2D eigenvalue weighted by molar-refractivity contribution is -0.129. The fraction of sp³-hybridized carbons (Fsp3) is 0.438. The van der Waals surface area contributed by atoms with Gasteiger partial charge >= 0.3 is 0 Å². The van der Waals surface area contributed by atoms with Crippen molar-refractivity contribution in [3.63, 3.8) is 0 Å². The second kappa shape index (κ2) is 8.69.